The lowest BCUT2D eigenvalue weighted by Crippen LogP contribution is -2.64. The molecule has 6 N–H and O–H groups in total. The molecular formula is C45H85O13P. The van der Waals surface area contributed by atoms with E-state index in [2.05, 4.69) is 13.5 Å². The van der Waals surface area contributed by atoms with Crippen LogP contribution in [0.3, 0.4) is 0 Å². The van der Waals surface area contributed by atoms with Gasteiger partial charge >= 0.3 is 19.8 Å². The van der Waals surface area contributed by atoms with Gasteiger partial charge in [-0.2, -0.15) is 0 Å². The number of hydrogen-bond donors (Lipinski definition) is 6. The topological polar surface area (TPSA) is 210 Å². The number of aliphatic hydroxyl groups excluding tert-OH is 5. The first kappa shape index (κ1) is 55.6. The molecular weight excluding hydrogens is 779 g/mol. The zero-order valence-corrected chi connectivity index (χ0v) is 37.5. The van der Waals surface area contributed by atoms with Crippen molar-refractivity contribution in [1.82, 2.24) is 0 Å². The van der Waals surface area contributed by atoms with E-state index in [1.54, 1.807) is 0 Å². The Morgan fingerprint density at radius 3 is 1.31 bits per heavy atom. The van der Waals surface area contributed by atoms with Crippen molar-refractivity contribution in [2.45, 2.75) is 249 Å². The summed E-state index contributed by atoms with van der Waals surface area (Å²) in [7, 11) is -5.11. The van der Waals surface area contributed by atoms with E-state index in [1.807, 2.05) is 6.08 Å². The van der Waals surface area contributed by atoms with Crippen LogP contribution < -0.4 is 0 Å². The molecule has 8 atom stereocenters. The van der Waals surface area contributed by atoms with Crippen molar-refractivity contribution in [2.75, 3.05) is 13.2 Å². The van der Waals surface area contributed by atoms with E-state index < -0.39 is 75.7 Å². The SMILES string of the molecule is C=CCCCCCCCCCCCCCCCC(=O)O[C@H](COC(=O)CCCCCCCCCCCCCCCCC)COP(=O)(O)OC1C(O)C(O)C(O)[C@@H](O)C1O. The number of phosphoric ester groups is 1. The summed E-state index contributed by atoms with van der Waals surface area (Å²) in [6, 6.07) is 0. The summed E-state index contributed by atoms with van der Waals surface area (Å²) >= 11 is 0. The molecule has 0 aromatic rings. The molecule has 0 aromatic heterocycles. The number of allylic oxidation sites excluding steroid dienone is 1. The monoisotopic (exact) mass is 865 g/mol. The van der Waals surface area contributed by atoms with E-state index >= 15 is 0 Å². The lowest BCUT2D eigenvalue weighted by atomic mass is 9.85. The summed E-state index contributed by atoms with van der Waals surface area (Å²) in [6.45, 7) is 4.84. The molecule has 0 aliphatic heterocycles. The number of esters is 2. The first-order chi connectivity index (χ1) is 28.4. The third kappa shape index (κ3) is 28.7. The maximum Gasteiger partial charge on any atom is 0.472 e. The van der Waals surface area contributed by atoms with Crippen molar-refractivity contribution < 1.29 is 63.1 Å². The molecule has 1 fully saturated rings. The van der Waals surface area contributed by atoms with Crippen LogP contribution in [0.4, 0.5) is 0 Å². The normalized spacial score (nSPS) is 22.2. The van der Waals surface area contributed by atoms with Crippen LogP contribution in [0.15, 0.2) is 12.7 Å². The fourth-order valence-corrected chi connectivity index (χ4v) is 8.42. The lowest BCUT2D eigenvalue weighted by molar-refractivity contribution is -0.220. The van der Waals surface area contributed by atoms with Crippen LogP contribution in [0.5, 0.6) is 0 Å². The highest BCUT2D eigenvalue weighted by molar-refractivity contribution is 7.47. The number of carbonyl (C=O) groups is 2. The molecule has 13 nitrogen and oxygen atoms in total. The van der Waals surface area contributed by atoms with Gasteiger partial charge in [0.05, 0.1) is 6.61 Å². The first-order valence-corrected chi connectivity index (χ1v) is 24.9. The predicted octanol–water partition coefficient (Wildman–Crippen LogP) is 9.06. The highest BCUT2D eigenvalue weighted by Gasteiger charge is 2.51. The molecule has 348 valence electrons. The van der Waals surface area contributed by atoms with Crippen molar-refractivity contribution >= 4 is 19.8 Å². The van der Waals surface area contributed by atoms with Crippen molar-refractivity contribution in [3.8, 4) is 0 Å². The van der Waals surface area contributed by atoms with E-state index in [1.165, 1.54) is 122 Å². The second-order valence-electron chi connectivity index (χ2n) is 16.7. The van der Waals surface area contributed by atoms with Gasteiger partial charge in [-0.15, -0.1) is 6.58 Å². The van der Waals surface area contributed by atoms with Gasteiger partial charge in [-0.1, -0.05) is 174 Å². The van der Waals surface area contributed by atoms with Gasteiger partial charge in [-0.3, -0.25) is 18.6 Å². The van der Waals surface area contributed by atoms with E-state index in [9.17, 15) is 44.6 Å². The Morgan fingerprint density at radius 2 is 0.898 bits per heavy atom. The van der Waals surface area contributed by atoms with E-state index in [0.29, 0.717) is 12.8 Å². The minimum atomic E-state index is -5.11. The zero-order chi connectivity index (χ0) is 43.6. The maximum absolute atomic E-state index is 12.8. The van der Waals surface area contributed by atoms with Gasteiger partial charge in [0, 0.05) is 12.8 Å². The van der Waals surface area contributed by atoms with Crippen molar-refractivity contribution in [1.29, 1.82) is 0 Å². The zero-order valence-electron chi connectivity index (χ0n) is 36.6. The fourth-order valence-electron chi connectivity index (χ4n) is 7.45. The highest BCUT2D eigenvalue weighted by Crippen LogP contribution is 2.47. The number of unbranched alkanes of at least 4 members (excludes halogenated alkanes) is 27. The molecule has 1 saturated carbocycles. The number of ether oxygens (including phenoxy) is 2. The Balaban J connectivity index is 2.43. The van der Waals surface area contributed by atoms with Crippen LogP contribution in [-0.4, -0.2) is 98.3 Å². The van der Waals surface area contributed by atoms with Gasteiger partial charge in [0.2, 0.25) is 0 Å². The molecule has 0 amide bonds. The van der Waals surface area contributed by atoms with Crippen LogP contribution in [0.2, 0.25) is 0 Å². The highest BCUT2D eigenvalue weighted by atomic mass is 31.2. The Morgan fingerprint density at radius 1 is 0.542 bits per heavy atom. The van der Waals surface area contributed by atoms with Crippen LogP contribution in [0.25, 0.3) is 0 Å². The second-order valence-corrected chi connectivity index (χ2v) is 18.1. The van der Waals surface area contributed by atoms with Gasteiger partial charge in [0.1, 0.15) is 43.2 Å². The lowest BCUT2D eigenvalue weighted by Gasteiger charge is -2.41. The number of hydrogen-bond acceptors (Lipinski definition) is 12. The van der Waals surface area contributed by atoms with E-state index in [0.717, 1.165) is 51.4 Å². The Hall–Kier alpha value is -1.41. The molecule has 1 rings (SSSR count). The maximum atomic E-state index is 12.8. The molecule has 1 aliphatic carbocycles. The summed E-state index contributed by atoms with van der Waals surface area (Å²) in [5, 5.41) is 50.1. The molecule has 59 heavy (non-hydrogen) atoms. The Kier molecular flexibility index (Phi) is 34.0. The van der Waals surface area contributed by atoms with Crippen molar-refractivity contribution in [3.05, 3.63) is 12.7 Å². The molecule has 0 radical (unpaired) electrons. The first-order valence-electron chi connectivity index (χ1n) is 23.5. The number of rotatable bonds is 40. The summed E-state index contributed by atoms with van der Waals surface area (Å²) in [6.07, 6.45) is 23.0. The fraction of sp³-hybridized carbons (Fsp3) is 0.911. The van der Waals surface area contributed by atoms with Crippen molar-refractivity contribution in [2.24, 2.45) is 0 Å². The minimum Gasteiger partial charge on any atom is -0.462 e. The molecule has 0 saturated heterocycles. The number of phosphoric acid groups is 1. The van der Waals surface area contributed by atoms with Gasteiger partial charge < -0.3 is 39.9 Å². The molecule has 14 heteroatoms. The molecule has 1 aliphatic rings. The van der Waals surface area contributed by atoms with Crippen LogP contribution in [0.1, 0.15) is 206 Å². The summed E-state index contributed by atoms with van der Waals surface area (Å²) < 4.78 is 33.5. The Labute approximate surface area is 356 Å². The quantitative estimate of drug-likeness (QED) is 0.0147. The summed E-state index contributed by atoms with van der Waals surface area (Å²) in [5.74, 6) is -1.09. The van der Waals surface area contributed by atoms with Gasteiger partial charge in [0.15, 0.2) is 6.10 Å². The Bertz CT molecular complexity index is 1080. The van der Waals surface area contributed by atoms with Crippen LogP contribution in [-0.2, 0) is 32.7 Å². The predicted molar refractivity (Wildman–Crippen MR) is 231 cm³/mol. The summed E-state index contributed by atoms with van der Waals surface area (Å²) in [5.41, 5.74) is 0. The largest absolute Gasteiger partial charge is 0.472 e. The molecule has 0 aromatic carbocycles. The van der Waals surface area contributed by atoms with Crippen molar-refractivity contribution in [3.63, 3.8) is 0 Å². The smallest absolute Gasteiger partial charge is 0.462 e. The molecule has 0 spiro atoms. The van der Waals surface area contributed by atoms with Gasteiger partial charge in [0.25, 0.3) is 0 Å². The third-order valence-electron chi connectivity index (χ3n) is 11.3. The average molecular weight is 865 g/mol. The summed E-state index contributed by atoms with van der Waals surface area (Å²) in [4.78, 5) is 35.7. The average Bonchev–Trinajstić information content (AvgIpc) is 3.21. The van der Waals surface area contributed by atoms with E-state index in [4.69, 9.17) is 18.5 Å². The standard InChI is InChI=1S/C45H85O13P/c1-3-5-7-9-11-13-15-17-19-21-23-25-27-29-31-33-38(46)55-35-37(36-56-59(53,54)58-45-43(51)41(49)40(48)42(50)44(45)52)57-39(47)34-32-30-28-26-24-22-20-18-16-14-12-10-8-6-4-2/h4,37,40-45,48-52H,2-3,5-36H2,1H3,(H,53,54)/t37-,40?,41-,42?,43?,44?,45?/m1/s1. The number of aliphatic hydroxyl groups is 5. The van der Waals surface area contributed by atoms with Crippen LogP contribution >= 0.6 is 7.82 Å². The number of carbonyl (C=O) groups excluding carboxylic acids is 2. The molecule has 0 heterocycles. The minimum absolute atomic E-state index is 0.0994. The van der Waals surface area contributed by atoms with E-state index in [-0.39, 0.29) is 12.8 Å². The third-order valence-corrected chi connectivity index (χ3v) is 12.2. The second kappa shape index (κ2) is 36.1. The van der Waals surface area contributed by atoms with Crippen LogP contribution in [0, 0.1) is 0 Å². The molecule has 0 bridgehead atoms. The van der Waals surface area contributed by atoms with Gasteiger partial charge in [-0.25, -0.2) is 4.57 Å². The van der Waals surface area contributed by atoms with Gasteiger partial charge in [-0.05, 0) is 25.7 Å². The molecule has 6 unspecified atom stereocenters.